The lowest BCUT2D eigenvalue weighted by Gasteiger charge is -2.37. The molecule has 2 unspecified atom stereocenters. The summed E-state index contributed by atoms with van der Waals surface area (Å²) in [6.45, 7) is 8.50. The number of ether oxygens (including phenoxy) is 2. The Morgan fingerprint density at radius 1 is 1.30 bits per heavy atom. The first-order chi connectivity index (χ1) is 9.75. The van der Waals surface area contributed by atoms with Crippen molar-refractivity contribution in [3.8, 4) is 0 Å². The van der Waals surface area contributed by atoms with Crippen LogP contribution in [0.25, 0.3) is 0 Å². The minimum Gasteiger partial charge on any atom is -0.383 e. The lowest BCUT2D eigenvalue weighted by Crippen LogP contribution is -2.44. The van der Waals surface area contributed by atoms with Crippen LogP contribution >= 0.6 is 0 Å². The minimum absolute atomic E-state index is 0.381. The summed E-state index contributed by atoms with van der Waals surface area (Å²) in [5, 5.41) is 3.63. The normalized spacial score (nSPS) is 30.3. The predicted octanol–water partition coefficient (Wildman–Crippen LogP) is 3.23. The molecule has 20 heavy (non-hydrogen) atoms. The van der Waals surface area contributed by atoms with Gasteiger partial charge in [0.15, 0.2) is 0 Å². The van der Waals surface area contributed by atoms with Crippen molar-refractivity contribution in [3.63, 3.8) is 0 Å². The van der Waals surface area contributed by atoms with Crippen LogP contribution in [0.3, 0.4) is 0 Å². The van der Waals surface area contributed by atoms with E-state index in [0.717, 1.165) is 38.1 Å². The third kappa shape index (κ3) is 3.96. The number of hydrogen-bond donors (Lipinski definition) is 1. The maximum atomic E-state index is 6.17. The highest BCUT2D eigenvalue weighted by Gasteiger charge is 2.50. The van der Waals surface area contributed by atoms with Crippen molar-refractivity contribution in [1.82, 2.24) is 5.32 Å². The van der Waals surface area contributed by atoms with E-state index < -0.39 is 0 Å². The molecular formula is C17H33NO2. The van der Waals surface area contributed by atoms with Gasteiger partial charge in [-0.1, -0.05) is 26.7 Å². The monoisotopic (exact) mass is 283 g/mol. The summed E-state index contributed by atoms with van der Waals surface area (Å²) in [5.41, 5.74) is 0.381. The van der Waals surface area contributed by atoms with E-state index in [0.29, 0.717) is 11.5 Å². The Bertz CT molecular complexity index is 276. The first-order valence-corrected chi connectivity index (χ1v) is 8.57. The van der Waals surface area contributed by atoms with E-state index in [9.17, 15) is 0 Å². The molecule has 0 aromatic heterocycles. The zero-order valence-electron chi connectivity index (χ0n) is 13.6. The summed E-state index contributed by atoms with van der Waals surface area (Å²) in [6.07, 6.45) is 8.45. The molecule has 0 aromatic carbocycles. The predicted molar refractivity (Wildman–Crippen MR) is 82.9 cm³/mol. The van der Waals surface area contributed by atoms with Gasteiger partial charge in [0.2, 0.25) is 0 Å². The van der Waals surface area contributed by atoms with E-state index in [2.05, 4.69) is 19.2 Å². The summed E-state index contributed by atoms with van der Waals surface area (Å²) < 4.78 is 11.3. The molecule has 0 amide bonds. The van der Waals surface area contributed by atoms with Gasteiger partial charge in [-0.3, -0.25) is 0 Å². The molecule has 1 saturated carbocycles. The Morgan fingerprint density at radius 2 is 2.05 bits per heavy atom. The topological polar surface area (TPSA) is 30.5 Å². The summed E-state index contributed by atoms with van der Waals surface area (Å²) in [4.78, 5) is 0. The van der Waals surface area contributed by atoms with Crippen LogP contribution in [0.4, 0.5) is 0 Å². The van der Waals surface area contributed by atoms with E-state index in [1.807, 2.05) is 0 Å². The molecule has 3 nitrogen and oxygen atoms in total. The van der Waals surface area contributed by atoms with E-state index in [1.54, 1.807) is 7.11 Å². The maximum Gasteiger partial charge on any atom is 0.0672 e. The second kappa shape index (κ2) is 7.77. The van der Waals surface area contributed by atoms with Gasteiger partial charge < -0.3 is 14.8 Å². The van der Waals surface area contributed by atoms with E-state index >= 15 is 0 Å². The molecule has 0 spiro atoms. The zero-order valence-corrected chi connectivity index (χ0v) is 13.6. The van der Waals surface area contributed by atoms with Gasteiger partial charge >= 0.3 is 0 Å². The molecule has 2 fully saturated rings. The fourth-order valence-electron chi connectivity index (χ4n) is 3.89. The summed E-state index contributed by atoms with van der Waals surface area (Å²) in [7, 11) is 1.77. The Balaban J connectivity index is 1.97. The highest BCUT2D eigenvalue weighted by molar-refractivity contribution is 5.01. The quantitative estimate of drug-likeness (QED) is 0.624. The molecule has 1 aliphatic carbocycles. The second-order valence-electron chi connectivity index (χ2n) is 6.80. The molecule has 1 saturated heterocycles. The molecule has 1 N–H and O–H groups in total. The molecule has 118 valence electrons. The standard InChI is InChI=1S/C17H33NO2/c1-4-14(5-2)12-17(13-18-9-11-19-3)8-10-20-16(17)15-6-7-15/h14-16,18H,4-13H2,1-3H3. The molecule has 2 aliphatic rings. The molecule has 2 atom stereocenters. The molecule has 1 heterocycles. The SMILES string of the molecule is CCC(CC)CC1(CNCCOC)CCOC1C1CC1. The number of rotatable bonds is 10. The first-order valence-electron chi connectivity index (χ1n) is 8.57. The Hall–Kier alpha value is -0.120. The van der Waals surface area contributed by atoms with Crippen molar-refractivity contribution < 1.29 is 9.47 Å². The molecule has 0 aromatic rings. The van der Waals surface area contributed by atoms with Crippen LogP contribution in [-0.4, -0.2) is 39.5 Å². The van der Waals surface area contributed by atoms with Crippen molar-refractivity contribution in [2.45, 2.75) is 58.5 Å². The second-order valence-corrected chi connectivity index (χ2v) is 6.80. The van der Waals surface area contributed by atoms with E-state index in [4.69, 9.17) is 9.47 Å². The van der Waals surface area contributed by atoms with Crippen LogP contribution in [0.15, 0.2) is 0 Å². The van der Waals surface area contributed by atoms with Crippen LogP contribution in [0.1, 0.15) is 52.4 Å². The van der Waals surface area contributed by atoms with Gasteiger partial charge in [0.1, 0.15) is 0 Å². The van der Waals surface area contributed by atoms with Gasteiger partial charge in [0, 0.05) is 32.2 Å². The molecule has 3 heteroatoms. The van der Waals surface area contributed by atoms with Gasteiger partial charge in [0.25, 0.3) is 0 Å². The molecule has 1 aliphatic heterocycles. The van der Waals surface area contributed by atoms with Crippen molar-refractivity contribution in [3.05, 3.63) is 0 Å². The van der Waals surface area contributed by atoms with Crippen LogP contribution in [0.5, 0.6) is 0 Å². The number of nitrogens with one attached hydrogen (secondary N) is 1. The molecule has 2 rings (SSSR count). The highest BCUT2D eigenvalue weighted by Crippen LogP contribution is 2.51. The Kier molecular flexibility index (Phi) is 6.31. The van der Waals surface area contributed by atoms with Gasteiger partial charge in [-0.15, -0.1) is 0 Å². The third-order valence-electron chi connectivity index (χ3n) is 5.36. The summed E-state index contributed by atoms with van der Waals surface area (Å²) >= 11 is 0. The van der Waals surface area contributed by atoms with Crippen LogP contribution in [0, 0.1) is 17.3 Å². The summed E-state index contributed by atoms with van der Waals surface area (Å²) in [6, 6.07) is 0. The van der Waals surface area contributed by atoms with Gasteiger partial charge in [-0.05, 0) is 37.5 Å². The van der Waals surface area contributed by atoms with Crippen molar-refractivity contribution in [1.29, 1.82) is 0 Å². The van der Waals surface area contributed by atoms with Gasteiger partial charge in [-0.2, -0.15) is 0 Å². The van der Waals surface area contributed by atoms with Crippen molar-refractivity contribution in [2.24, 2.45) is 17.3 Å². The van der Waals surface area contributed by atoms with Crippen LogP contribution in [-0.2, 0) is 9.47 Å². The average Bonchev–Trinajstić information content (AvgIpc) is 3.23. The summed E-state index contributed by atoms with van der Waals surface area (Å²) in [5.74, 6) is 1.69. The van der Waals surface area contributed by atoms with Crippen molar-refractivity contribution >= 4 is 0 Å². The molecule has 0 radical (unpaired) electrons. The zero-order chi connectivity index (χ0) is 14.4. The van der Waals surface area contributed by atoms with Crippen LogP contribution < -0.4 is 5.32 Å². The lowest BCUT2D eigenvalue weighted by atomic mass is 9.71. The van der Waals surface area contributed by atoms with Crippen molar-refractivity contribution in [2.75, 3.05) is 33.4 Å². The van der Waals surface area contributed by atoms with Gasteiger partial charge in [0.05, 0.1) is 12.7 Å². The van der Waals surface area contributed by atoms with Crippen LogP contribution in [0.2, 0.25) is 0 Å². The average molecular weight is 283 g/mol. The van der Waals surface area contributed by atoms with Gasteiger partial charge in [-0.25, -0.2) is 0 Å². The van der Waals surface area contributed by atoms with E-state index in [1.165, 1.54) is 38.5 Å². The number of methoxy groups -OCH3 is 1. The molecule has 0 bridgehead atoms. The molecular weight excluding hydrogens is 250 g/mol. The van der Waals surface area contributed by atoms with E-state index in [-0.39, 0.29) is 0 Å². The third-order valence-corrected chi connectivity index (χ3v) is 5.36. The Morgan fingerprint density at radius 3 is 2.65 bits per heavy atom. The maximum absolute atomic E-state index is 6.17. The smallest absolute Gasteiger partial charge is 0.0672 e. The first kappa shape index (κ1) is 16.3. The highest BCUT2D eigenvalue weighted by atomic mass is 16.5. The Labute approximate surface area is 124 Å². The largest absolute Gasteiger partial charge is 0.383 e. The fourth-order valence-corrected chi connectivity index (χ4v) is 3.89. The number of hydrogen-bond acceptors (Lipinski definition) is 3. The lowest BCUT2D eigenvalue weighted by molar-refractivity contribution is 0.0171. The fraction of sp³-hybridized carbons (Fsp3) is 1.00. The minimum atomic E-state index is 0.381.